The average molecular weight is 457 g/mol. The van der Waals surface area contributed by atoms with Crippen molar-refractivity contribution in [2.75, 3.05) is 6.54 Å². The lowest BCUT2D eigenvalue weighted by Gasteiger charge is -2.17. The molecule has 11 nitrogen and oxygen atoms in total. The normalized spacial score (nSPS) is 11.9. The number of pyridine rings is 1. The molecular formula is C21H28BN5O6. The molecule has 0 bridgehead atoms. The number of nitrogens with one attached hydrogen (secondary N) is 2. The molecule has 0 aromatic carbocycles. The Morgan fingerprint density at radius 1 is 1.27 bits per heavy atom. The van der Waals surface area contributed by atoms with Gasteiger partial charge in [-0.3, -0.25) is 14.4 Å². The van der Waals surface area contributed by atoms with Crippen molar-refractivity contribution in [2.24, 2.45) is 10.9 Å². The van der Waals surface area contributed by atoms with E-state index in [0.29, 0.717) is 12.8 Å². The highest BCUT2D eigenvalue weighted by Gasteiger charge is 2.25. The quantitative estimate of drug-likeness (QED) is 0.0974. The molecule has 0 saturated heterocycles. The highest BCUT2D eigenvalue weighted by atomic mass is 16.4. The summed E-state index contributed by atoms with van der Waals surface area (Å²) >= 11 is 0. The molecule has 1 rings (SSSR count). The summed E-state index contributed by atoms with van der Waals surface area (Å²) in [6.07, 6.45) is 1.13. The van der Waals surface area contributed by atoms with Gasteiger partial charge in [0.2, 0.25) is 5.88 Å². The van der Waals surface area contributed by atoms with Crippen LogP contribution in [0.4, 0.5) is 0 Å². The fraction of sp³-hybridized carbons (Fsp3) is 0.429. The van der Waals surface area contributed by atoms with Crippen LogP contribution in [-0.4, -0.2) is 63.2 Å². The van der Waals surface area contributed by atoms with Gasteiger partial charge in [0.1, 0.15) is 23.4 Å². The first kappa shape index (κ1) is 27.5. The predicted molar refractivity (Wildman–Crippen MR) is 121 cm³/mol. The zero-order valence-corrected chi connectivity index (χ0v) is 18.6. The lowest BCUT2D eigenvalue weighted by Crippen LogP contribution is -2.41. The number of carbonyl (C=O) groups is 3. The molecule has 1 heterocycles. The van der Waals surface area contributed by atoms with Crippen molar-refractivity contribution in [3.63, 3.8) is 0 Å². The van der Waals surface area contributed by atoms with E-state index in [9.17, 15) is 29.5 Å². The Morgan fingerprint density at radius 3 is 2.55 bits per heavy atom. The van der Waals surface area contributed by atoms with Crippen molar-refractivity contribution in [3.05, 3.63) is 36.0 Å². The molecule has 0 saturated carbocycles. The third kappa shape index (κ3) is 10.1. The first-order valence-electron chi connectivity index (χ1n) is 10.4. The molecule has 0 radical (unpaired) electrons. The number of hydrogen-bond donors (Lipinski definition) is 5. The summed E-state index contributed by atoms with van der Waals surface area (Å²) in [5.41, 5.74) is -0.445. The minimum Gasteiger partial charge on any atom is -0.493 e. The molecule has 1 atom stereocenters. The summed E-state index contributed by atoms with van der Waals surface area (Å²) in [4.78, 5) is 44.3. The van der Waals surface area contributed by atoms with Crippen LogP contribution in [0.15, 0.2) is 35.3 Å². The molecule has 1 aromatic heterocycles. The number of unbranched alkanes of at least 4 members (excludes halogenated alkanes) is 1. The van der Waals surface area contributed by atoms with Crippen molar-refractivity contribution >= 4 is 30.5 Å². The topological polar surface area (TPSA) is 185 Å². The largest absolute Gasteiger partial charge is 0.503 e. The summed E-state index contributed by atoms with van der Waals surface area (Å²) in [5.74, 6) is -2.43. The molecular weight excluding hydrogens is 429 g/mol. The van der Waals surface area contributed by atoms with Crippen molar-refractivity contribution in [1.29, 1.82) is 5.26 Å². The summed E-state index contributed by atoms with van der Waals surface area (Å²) in [6, 6.07) is 4.61. The fourth-order valence-electron chi connectivity index (χ4n) is 2.72. The van der Waals surface area contributed by atoms with Crippen LogP contribution in [0.5, 0.6) is 5.88 Å². The van der Waals surface area contributed by atoms with E-state index in [2.05, 4.69) is 27.2 Å². The van der Waals surface area contributed by atoms with Crippen molar-refractivity contribution in [1.82, 2.24) is 15.6 Å². The second-order valence-corrected chi connectivity index (χ2v) is 7.66. The summed E-state index contributed by atoms with van der Waals surface area (Å²) in [7, 11) is -1.91. The smallest absolute Gasteiger partial charge is 0.493 e. The Bertz CT molecular complexity index is 941. The summed E-state index contributed by atoms with van der Waals surface area (Å²) in [6.45, 7) is 7.18. The number of hydrogen-bond acceptors (Lipinski definition) is 8. The Kier molecular flexibility index (Phi) is 11.5. The molecule has 5 N–H and O–H groups in total. The third-order valence-electron chi connectivity index (χ3n) is 4.35. The molecule has 33 heavy (non-hydrogen) atoms. The van der Waals surface area contributed by atoms with E-state index in [1.807, 2.05) is 13.8 Å². The lowest BCUT2D eigenvalue weighted by molar-refractivity contribution is -0.120. The van der Waals surface area contributed by atoms with Crippen LogP contribution in [0.25, 0.3) is 0 Å². The van der Waals surface area contributed by atoms with Crippen molar-refractivity contribution in [2.45, 2.75) is 45.6 Å². The number of nitrogens with zero attached hydrogens (tertiary/aromatic N) is 3. The Hall–Kier alpha value is -3.56. The first-order valence-corrected chi connectivity index (χ1v) is 10.4. The van der Waals surface area contributed by atoms with Crippen molar-refractivity contribution < 1.29 is 29.5 Å². The molecule has 1 aromatic rings. The van der Waals surface area contributed by atoms with E-state index < -0.39 is 30.9 Å². The van der Waals surface area contributed by atoms with Crippen LogP contribution in [0.2, 0.25) is 0 Å². The van der Waals surface area contributed by atoms with Crippen LogP contribution in [0.3, 0.4) is 0 Å². The zero-order chi connectivity index (χ0) is 25.0. The van der Waals surface area contributed by atoms with Crippen LogP contribution in [-0.2, 0) is 9.59 Å². The number of amides is 3. The maximum absolute atomic E-state index is 12.8. The standard InChI is InChI=1S/C21H28BN5O6/c1-13(2)11-17(22(32)33)27-21(31)16(7-4-5-10-24-19(29)14(3)12-23)26-20(30)15-8-6-9-18(28)25-15/h6,8-9,13,16,32-33H,3-5,7,10-11H2,1-2H3,(H,24,29)(H,25,28)(H,26,30)/b27-17+/t16-/m0/s1. The van der Waals surface area contributed by atoms with E-state index in [1.165, 1.54) is 18.2 Å². The second-order valence-electron chi connectivity index (χ2n) is 7.66. The first-order chi connectivity index (χ1) is 15.5. The van der Waals surface area contributed by atoms with Crippen LogP contribution < -0.4 is 10.6 Å². The molecule has 0 aliphatic heterocycles. The highest BCUT2D eigenvalue weighted by molar-refractivity contribution is 6.80. The van der Waals surface area contributed by atoms with Gasteiger partial charge in [0.25, 0.3) is 17.7 Å². The Labute approximate surface area is 192 Å². The van der Waals surface area contributed by atoms with Gasteiger partial charge in [-0.15, -0.1) is 0 Å². The predicted octanol–water partition coefficient (Wildman–Crippen LogP) is 0.278. The monoisotopic (exact) mass is 457 g/mol. The van der Waals surface area contributed by atoms with Gasteiger partial charge in [0.05, 0.1) is 5.61 Å². The maximum Gasteiger partial charge on any atom is 0.503 e. The summed E-state index contributed by atoms with van der Waals surface area (Å²) < 4.78 is 0. The fourth-order valence-corrected chi connectivity index (χ4v) is 2.72. The Morgan fingerprint density at radius 2 is 1.97 bits per heavy atom. The van der Waals surface area contributed by atoms with E-state index in [4.69, 9.17) is 5.26 Å². The number of aliphatic imine (C=N–C) groups is 1. The third-order valence-corrected chi connectivity index (χ3v) is 4.35. The number of aromatic nitrogens is 1. The van der Waals surface area contributed by atoms with Crippen LogP contribution >= 0.6 is 0 Å². The van der Waals surface area contributed by atoms with Gasteiger partial charge >= 0.3 is 7.12 Å². The molecule has 0 fully saturated rings. The maximum atomic E-state index is 12.8. The molecule has 0 unspecified atom stereocenters. The van der Waals surface area contributed by atoms with Gasteiger partial charge in [-0.1, -0.05) is 26.5 Å². The molecule has 0 aliphatic rings. The number of carbonyl (C=O) groups excluding carboxylic acids is 3. The van der Waals surface area contributed by atoms with Gasteiger partial charge in [0, 0.05) is 12.6 Å². The molecule has 0 aliphatic carbocycles. The minimum atomic E-state index is -1.91. The van der Waals surface area contributed by atoms with E-state index >= 15 is 0 Å². The highest BCUT2D eigenvalue weighted by Crippen LogP contribution is 2.10. The van der Waals surface area contributed by atoms with Crippen LogP contribution in [0, 0.1) is 17.2 Å². The SMILES string of the molecule is C=C(C#N)C(=O)NCCCC[C@H](NC(=O)c1cccc(O)n1)C(=O)/N=C(\CC(C)C)B(O)O. The zero-order valence-electron chi connectivity index (χ0n) is 18.6. The van der Waals surface area contributed by atoms with E-state index in [0.717, 1.165) is 0 Å². The van der Waals surface area contributed by atoms with Crippen LogP contribution in [0.1, 0.15) is 50.0 Å². The van der Waals surface area contributed by atoms with Crippen molar-refractivity contribution in [3.8, 4) is 11.9 Å². The van der Waals surface area contributed by atoms with Gasteiger partial charge < -0.3 is 25.8 Å². The van der Waals surface area contributed by atoms with E-state index in [-0.39, 0.29) is 48.1 Å². The molecule has 176 valence electrons. The Balaban J connectivity index is 2.90. The molecule has 3 amide bonds. The minimum absolute atomic E-state index is 0.00894. The second kappa shape index (κ2) is 13.8. The van der Waals surface area contributed by atoms with E-state index in [1.54, 1.807) is 6.07 Å². The number of rotatable bonds is 12. The van der Waals surface area contributed by atoms with Gasteiger partial charge in [-0.05, 0) is 37.7 Å². The van der Waals surface area contributed by atoms with Gasteiger partial charge in [0.15, 0.2) is 0 Å². The lowest BCUT2D eigenvalue weighted by atomic mass is 9.78. The van der Waals surface area contributed by atoms with Gasteiger partial charge in [-0.2, -0.15) is 5.26 Å². The number of aromatic hydroxyl groups is 1. The molecule has 12 heteroatoms. The van der Waals surface area contributed by atoms with Gasteiger partial charge in [-0.25, -0.2) is 9.98 Å². The average Bonchev–Trinajstić information content (AvgIpc) is 2.76. The summed E-state index contributed by atoms with van der Waals surface area (Å²) in [5, 5.41) is 42.2. The number of nitriles is 1. The molecule has 0 spiro atoms.